The SMILES string of the molecule is COC(=O)/C(=C/c1ccccc1)CNC(C)C. The number of hydrogen-bond donors (Lipinski definition) is 1. The quantitative estimate of drug-likeness (QED) is 0.626. The van der Waals surface area contributed by atoms with Crippen molar-refractivity contribution in [1.82, 2.24) is 5.32 Å². The first kappa shape index (κ1) is 13.5. The average molecular weight is 233 g/mol. The first-order valence-electron chi connectivity index (χ1n) is 5.71. The molecule has 0 heterocycles. The molecule has 1 aromatic rings. The van der Waals surface area contributed by atoms with Gasteiger partial charge >= 0.3 is 5.97 Å². The summed E-state index contributed by atoms with van der Waals surface area (Å²) < 4.78 is 4.77. The molecule has 1 N–H and O–H groups in total. The topological polar surface area (TPSA) is 38.3 Å². The van der Waals surface area contributed by atoms with Gasteiger partial charge in [0.05, 0.1) is 12.7 Å². The predicted molar refractivity (Wildman–Crippen MR) is 69.6 cm³/mol. The summed E-state index contributed by atoms with van der Waals surface area (Å²) in [4.78, 5) is 11.6. The molecule has 0 saturated heterocycles. The molecule has 0 aliphatic rings. The number of rotatable bonds is 5. The molecule has 92 valence electrons. The van der Waals surface area contributed by atoms with E-state index in [4.69, 9.17) is 4.74 Å². The highest BCUT2D eigenvalue weighted by molar-refractivity contribution is 5.94. The maximum Gasteiger partial charge on any atom is 0.335 e. The van der Waals surface area contributed by atoms with Crippen LogP contribution < -0.4 is 5.32 Å². The van der Waals surface area contributed by atoms with Gasteiger partial charge in [0.25, 0.3) is 0 Å². The van der Waals surface area contributed by atoms with E-state index in [0.29, 0.717) is 18.2 Å². The summed E-state index contributed by atoms with van der Waals surface area (Å²) in [5.41, 5.74) is 1.63. The van der Waals surface area contributed by atoms with Crippen molar-refractivity contribution < 1.29 is 9.53 Å². The van der Waals surface area contributed by atoms with Gasteiger partial charge in [0.1, 0.15) is 0 Å². The van der Waals surface area contributed by atoms with E-state index in [0.717, 1.165) is 5.56 Å². The van der Waals surface area contributed by atoms with Gasteiger partial charge in [-0.15, -0.1) is 0 Å². The predicted octanol–water partition coefficient (Wildman–Crippen LogP) is 2.24. The third-order valence-electron chi connectivity index (χ3n) is 2.29. The molecule has 0 fully saturated rings. The number of ether oxygens (including phenoxy) is 1. The van der Waals surface area contributed by atoms with Gasteiger partial charge in [-0.05, 0) is 11.6 Å². The van der Waals surface area contributed by atoms with Crippen LogP contribution in [0.1, 0.15) is 19.4 Å². The van der Waals surface area contributed by atoms with Gasteiger partial charge in [-0.3, -0.25) is 0 Å². The molecule has 17 heavy (non-hydrogen) atoms. The van der Waals surface area contributed by atoms with Crippen molar-refractivity contribution >= 4 is 12.0 Å². The van der Waals surface area contributed by atoms with Crippen molar-refractivity contribution in [3.8, 4) is 0 Å². The van der Waals surface area contributed by atoms with Crippen molar-refractivity contribution in [3.05, 3.63) is 41.5 Å². The summed E-state index contributed by atoms with van der Waals surface area (Å²) in [5, 5.41) is 3.21. The van der Waals surface area contributed by atoms with Crippen LogP contribution in [0.2, 0.25) is 0 Å². The number of nitrogens with one attached hydrogen (secondary N) is 1. The third kappa shape index (κ3) is 4.83. The van der Waals surface area contributed by atoms with E-state index in [1.807, 2.05) is 50.3 Å². The summed E-state index contributed by atoms with van der Waals surface area (Å²) in [6, 6.07) is 10.1. The van der Waals surface area contributed by atoms with Crippen LogP contribution >= 0.6 is 0 Å². The molecule has 0 aliphatic carbocycles. The van der Waals surface area contributed by atoms with E-state index in [9.17, 15) is 4.79 Å². The minimum absolute atomic E-state index is 0.290. The zero-order valence-corrected chi connectivity index (χ0v) is 10.6. The molecule has 0 aromatic heterocycles. The molecule has 3 nitrogen and oxygen atoms in total. The molecule has 0 bridgehead atoms. The van der Waals surface area contributed by atoms with Gasteiger partial charge in [0.15, 0.2) is 0 Å². The largest absolute Gasteiger partial charge is 0.466 e. The van der Waals surface area contributed by atoms with Gasteiger partial charge in [-0.1, -0.05) is 44.2 Å². The summed E-state index contributed by atoms with van der Waals surface area (Å²) in [5.74, 6) is -0.290. The Hall–Kier alpha value is -1.61. The lowest BCUT2D eigenvalue weighted by molar-refractivity contribution is -0.136. The van der Waals surface area contributed by atoms with Crippen LogP contribution in [0.15, 0.2) is 35.9 Å². The highest BCUT2D eigenvalue weighted by atomic mass is 16.5. The Labute approximate surface area is 102 Å². The van der Waals surface area contributed by atoms with Crippen LogP contribution in [0.5, 0.6) is 0 Å². The van der Waals surface area contributed by atoms with Crippen LogP contribution in [-0.4, -0.2) is 25.7 Å². The van der Waals surface area contributed by atoms with Gasteiger partial charge in [0, 0.05) is 12.6 Å². The number of methoxy groups -OCH3 is 1. The van der Waals surface area contributed by atoms with Crippen molar-refractivity contribution in [2.24, 2.45) is 0 Å². The van der Waals surface area contributed by atoms with Gasteiger partial charge in [0.2, 0.25) is 0 Å². The first-order valence-corrected chi connectivity index (χ1v) is 5.71. The summed E-state index contributed by atoms with van der Waals surface area (Å²) in [6.07, 6.45) is 1.85. The van der Waals surface area contributed by atoms with Crippen molar-refractivity contribution in [3.63, 3.8) is 0 Å². The highest BCUT2D eigenvalue weighted by Crippen LogP contribution is 2.07. The van der Waals surface area contributed by atoms with E-state index >= 15 is 0 Å². The number of hydrogen-bond acceptors (Lipinski definition) is 3. The molecule has 1 rings (SSSR count). The average Bonchev–Trinajstić information content (AvgIpc) is 2.34. The third-order valence-corrected chi connectivity index (χ3v) is 2.29. The summed E-state index contributed by atoms with van der Waals surface area (Å²) in [6.45, 7) is 4.59. The zero-order chi connectivity index (χ0) is 12.7. The number of esters is 1. The van der Waals surface area contributed by atoms with Crippen LogP contribution in [0.25, 0.3) is 6.08 Å². The van der Waals surface area contributed by atoms with Crippen LogP contribution in [0.4, 0.5) is 0 Å². The molecule has 0 aliphatic heterocycles. The van der Waals surface area contributed by atoms with E-state index < -0.39 is 0 Å². The van der Waals surface area contributed by atoms with Crippen molar-refractivity contribution in [2.45, 2.75) is 19.9 Å². The summed E-state index contributed by atoms with van der Waals surface area (Å²) in [7, 11) is 1.40. The van der Waals surface area contributed by atoms with E-state index in [1.54, 1.807) is 0 Å². The Morgan fingerprint density at radius 2 is 2.00 bits per heavy atom. The standard InChI is InChI=1S/C14H19NO2/c1-11(2)15-10-13(14(16)17-3)9-12-7-5-4-6-8-12/h4-9,11,15H,10H2,1-3H3/b13-9+. The second kappa shape index (κ2) is 6.86. The Kier molecular flexibility index (Phi) is 5.43. The fourth-order valence-corrected chi connectivity index (χ4v) is 1.38. The van der Waals surface area contributed by atoms with Gasteiger partial charge in [-0.2, -0.15) is 0 Å². The molecule has 0 atom stereocenters. The van der Waals surface area contributed by atoms with Gasteiger partial charge < -0.3 is 10.1 Å². The molecule has 0 saturated carbocycles. The van der Waals surface area contributed by atoms with Gasteiger partial charge in [-0.25, -0.2) is 4.79 Å². The maximum atomic E-state index is 11.6. The van der Waals surface area contributed by atoms with Crippen molar-refractivity contribution in [2.75, 3.05) is 13.7 Å². The minimum Gasteiger partial charge on any atom is -0.466 e. The smallest absolute Gasteiger partial charge is 0.335 e. The number of carbonyl (C=O) groups excluding carboxylic acids is 1. The molecule has 1 aromatic carbocycles. The molecule has 0 amide bonds. The fourth-order valence-electron chi connectivity index (χ4n) is 1.38. The fraction of sp³-hybridized carbons (Fsp3) is 0.357. The number of carbonyl (C=O) groups is 1. The molecule has 3 heteroatoms. The van der Waals surface area contributed by atoms with E-state index in [1.165, 1.54) is 7.11 Å². The van der Waals surface area contributed by atoms with Crippen LogP contribution in [0, 0.1) is 0 Å². The maximum absolute atomic E-state index is 11.6. The minimum atomic E-state index is -0.290. The molecular weight excluding hydrogens is 214 g/mol. The van der Waals surface area contributed by atoms with Crippen LogP contribution in [0.3, 0.4) is 0 Å². The lowest BCUT2D eigenvalue weighted by Crippen LogP contribution is -2.27. The normalized spacial score (nSPS) is 11.6. The monoisotopic (exact) mass is 233 g/mol. The molecule has 0 spiro atoms. The molecule has 0 unspecified atom stereocenters. The first-order chi connectivity index (χ1) is 8.13. The Morgan fingerprint density at radius 3 is 2.53 bits per heavy atom. The van der Waals surface area contributed by atoms with E-state index in [2.05, 4.69) is 5.32 Å². The lowest BCUT2D eigenvalue weighted by Gasteiger charge is -2.10. The Morgan fingerprint density at radius 1 is 1.35 bits per heavy atom. The molecule has 0 radical (unpaired) electrons. The second-order valence-corrected chi connectivity index (χ2v) is 4.11. The summed E-state index contributed by atoms with van der Waals surface area (Å²) >= 11 is 0. The van der Waals surface area contributed by atoms with Crippen LogP contribution in [-0.2, 0) is 9.53 Å². The van der Waals surface area contributed by atoms with E-state index in [-0.39, 0.29) is 5.97 Å². The zero-order valence-electron chi connectivity index (χ0n) is 10.6. The Balaban J connectivity index is 2.82. The second-order valence-electron chi connectivity index (χ2n) is 4.11. The molecular formula is C14H19NO2. The lowest BCUT2D eigenvalue weighted by atomic mass is 10.1. The Bertz CT molecular complexity index is 382. The van der Waals surface area contributed by atoms with Crippen molar-refractivity contribution in [1.29, 1.82) is 0 Å². The highest BCUT2D eigenvalue weighted by Gasteiger charge is 2.09. The number of benzene rings is 1.